The largest absolute Gasteiger partial charge is 0.497 e. The number of carbonyl (C=O) groups excluding carboxylic acids is 1. The average Bonchev–Trinajstić information content (AvgIpc) is 2.84. The fourth-order valence-corrected chi connectivity index (χ4v) is 3.25. The van der Waals surface area contributed by atoms with Crippen LogP contribution >= 0.6 is 0 Å². The lowest BCUT2D eigenvalue weighted by molar-refractivity contribution is 0.00344. The number of hydrogen-bond acceptors (Lipinski definition) is 4. The third-order valence-corrected chi connectivity index (χ3v) is 4.70. The molecule has 0 radical (unpaired) electrons. The molecule has 0 aromatic heterocycles. The van der Waals surface area contributed by atoms with Gasteiger partial charge in [0, 0.05) is 39.5 Å². The fraction of sp³-hybridized carbons (Fsp3) is 0.500. The summed E-state index contributed by atoms with van der Waals surface area (Å²) < 4.78 is 10.7. The molecular weight excluding hydrogens is 292 g/mol. The van der Waals surface area contributed by atoms with E-state index < -0.39 is 0 Å². The van der Waals surface area contributed by atoms with Gasteiger partial charge < -0.3 is 14.4 Å². The fourth-order valence-electron chi connectivity index (χ4n) is 3.25. The van der Waals surface area contributed by atoms with E-state index >= 15 is 0 Å². The Hall–Kier alpha value is -2.01. The van der Waals surface area contributed by atoms with Gasteiger partial charge in [-0.3, -0.25) is 4.90 Å². The molecule has 2 fully saturated rings. The third kappa shape index (κ3) is 3.67. The van der Waals surface area contributed by atoms with Crippen molar-refractivity contribution in [3.05, 3.63) is 35.9 Å². The highest BCUT2D eigenvalue weighted by Crippen LogP contribution is 2.32. The van der Waals surface area contributed by atoms with E-state index in [0.717, 1.165) is 44.8 Å². The summed E-state index contributed by atoms with van der Waals surface area (Å²) in [6.45, 7) is 3.58. The number of rotatable bonds is 4. The maximum Gasteiger partial charge on any atom is 0.410 e. The predicted octanol–water partition coefficient (Wildman–Crippen LogP) is 2.63. The first-order chi connectivity index (χ1) is 11.1. The third-order valence-electron chi connectivity index (χ3n) is 4.70. The van der Waals surface area contributed by atoms with Crippen LogP contribution in [-0.4, -0.2) is 61.8 Å². The number of likely N-dealkylation sites (tertiary alicyclic amines) is 1. The monoisotopic (exact) mass is 316 g/mol. The molecule has 3 rings (SSSR count). The SMILES string of the molecule is COc1ccc(/C=C/CN2CCC3(CC2)CN(C)C(=O)O3)cc1. The Bertz CT molecular complexity index is 574. The number of methoxy groups -OCH3 is 1. The highest BCUT2D eigenvalue weighted by Gasteiger charge is 2.45. The van der Waals surface area contributed by atoms with Gasteiger partial charge in [0.2, 0.25) is 0 Å². The van der Waals surface area contributed by atoms with Crippen LogP contribution in [0.3, 0.4) is 0 Å². The summed E-state index contributed by atoms with van der Waals surface area (Å²) in [7, 11) is 3.48. The quantitative estimate of drug-likeness (QED) is 0.856. The van der Waals surface area contributed by atoms with Crippen LogP contribution in [0, 0.1) is 0 Å². The first-order valence-corrected chi connectivity index (χ1v) is 8.07. The Morgan fingerprint density at radius 2 is 1.96 bits per heavy atom. The molecule has 0 atom stereocenters. The molecule has 0 N–H and O–H groups in total. The van der Waals surface area contributed by atoms with E-state index in [1.165, 1.54) is 5.56 Å². The topological polar surface area (TPSA) is 42.0 Å². The molecule has 1 spiro atoms. The van der Waals surface area contributed by atoms with Gasteiger partial charge in [0.25, 0.3) is 0 Å². The smallest absolute Gasteiger partial charge is 0.410 e. The van der Waals surface area contributed by atoms with Crippen molar-refractivity contribution in [3.63, 3.8) is 0 Å². The summed E-state index contributed by atoms with van der Waals surface area (Å²) in [5.74, 6) is 0.875. The molecule has 0 bridgehead atoms. The Morgan fingerprint density at radius 3 is 2.52 bits per heavy atom. The Kier molecular flexibility index (Phi) is 4.57. The Balaban J connectivity index is 1.47. The molecule has 2 aliphatic rings. The van der Waals surface area contributed by atoms with Crippen LogP contribution in [-0.2, 0) is 4.74 Å². The first kappa shape index (κ1) is 15.9. The molecule has 2 aliphatic heterocycles. The van der Waals surface area contributed by atoms with Crippen molar-refractivity contribution in [1.82, 2.24) is 9.80 Å². The number of amides is 1. The van der Waals surface area contributed by atoms with Crippen molar-refractivity contribution in [1.29, 1.82) is 0 Å². The van der Waals surface area contributed by atoms with Crippen LogP contribution < -0.4 is 4.74 Å². The number of nitrogens with zero attached hydrogens (tertiary/aromatic N) is 2. The van der Waals surface area contributed by atoms with Crippen LogP contribution in [0.25, 0.3) is 6.08 Å². The first-order valence-electron chi connectivity index (χ1n) is 8.07. The van der Waals surface area contributed by atoms with Crippen molar-refractivity contribution >= 4 is 12.2 Å². The zero-order valence-corrected chi connectivity index (χ0v) is 13.8. The molecule has 0 unspecified atom stereocenters. The second-order valence-corrected chi connectivity index (χ2v) is 6.38. The lowest BCUT2D eigenvalue weighted by atomic mass is 9.91. The van der Waals surface area contributed by atoms with Gasteiger partial charge in [-0.15, -0.1) is 0 Å². The highest BCUT2D eigenvalue weighted by molar-refractivity contribution is 5.70. The van der Waals surface area contributed by atoms with Crippen LogP contribution in [0.15, 0.2) is 30.3 Å². The molecule has 2 saturated heterocycles. The van der Waals surface area contributed by atoms with E-state index in [0.29, 0.717) is 0 Å². The molecule has 2 heterocycles. The van der Waals surface area contributed by atoms with E-state index in [1.54, 1.807) is 19.1 Å². The van der Waals surface area contributed by atoms with E-state index in [-0.39, 0.29) is 11.7 Å². The summed E-state index contributed by atoms with van der Waals surface area (Å²) in [5.41, 5.74) is 0.924. The number of benzene rings is 1. The molecule has 1 aromatic rings. The molecule has 5 heteroatoms. The van der Waals surface area contributed by atoms with Crippen molar-refractivity contribution in [2.24, 2.45) is 0 Å². The second kappa shape index (κ2) is 6.62. The molecular formula is C18H24N2O3. The minimum atomic E-state index is -0.248. The van der Waals surface area contributed by atoms with E-state index in [1.807, 2.05) is 24.3 Å². The summed E-state index contributed by atoms with van der Waals surface area (Å²) >= 11 is 0. The maximum atomic E-state index is 11.6. The van der Waals surface area contributed by atoms with Crippen molar-refractivity contribution in [3.8, 4) is 5.75 Å². The lowest BCUT2D eigenvalue weighted by Crippen LogP contribution is -2.46. The number of ether oxygens (including phenoxy) is 2. The van der Waals surface area contributed by atoms with Crippen molar-refractivity contribution in [2.45, 2.75) is 18.4 Å². The zero-order valence-electron chi connectivity index (χ0n) is 13.8. The number of piperidine rings is 1. The highest BCUT2D eigenvalue weighted by atomic mass is 16.6. The molecule has 0 saturated carbocycles. The molecule has 0 aliphatic carbocycles. The normalized spacial score (nSPS) is 21.1. The van der Waals surface area contributed by atoms with Crippen LogP contribution in [0.2, 0.25) is 0 Å². The summed E-state index contributed by atoms with van der Waals surface area (Å²) in [4.78, 5) is 15.7. The van der Waals surface area contributed by atoms with Gasteiger partial charge in [-0.1, -0.05) is 24.3 Å². The standard InChI is InChI=1S/C18H24N2O3/c1-19-14-18(23-17(19)21)9-12-20(13-10-18)11-3-4-15-5-7-16(22-2)8-6-15/h3-8H,9-14H2,1-2H3/b4-3+. The van der Waals surface area contributed by atoms with Gasteiger partial charge in [-0.25, -0.2) is 4.79 Å². The van der Waals surface area contributed by atoms with Gasteiger partial charge >= 0.3 is 6.09 Å². The summed E-state index contributed by atoms with van der Waals surface area (Å²) in [6.07, 6.45) is 5.97. The van der Waals surface area contributed by atoms with Crippen LogP contribution in [0.1, 0.15) is 18.4 Å². The van der Waals surface area contributed by atoms with E-state index in [4.69, 9.17) is 9.47 Å². The van der Waals surface area contributed by atoms with Crippen molar-refractivity contribution < 1.29 is 14.3 Å². The maximum absolute atomic E-state index is 11.6. The molecule has 1 amide bonds. The number of hydrogen-bond donors (Lipinski definition) is 0. The lowest BCUT2D eigenvalue weighted by Gasteiger charge is -2.36. The van der Waals surface area contributed by atoms with Gasteiger partial charge in [0.05, 0.1) is 13.7 Å². The Morgan fingerprint density at radius 1 is 1.26 bits per heavy atom. The van der Waals surface area contributed by atoms with E-state index in [2.05, 4.69) is 17.1 Å². The molecule has 23 heavy (non-hydrogen) atoms. The molecule has 124 valence electrons. The van der Waals surface area contributed by atoms with Gasteiger partial charge in [0.1, 0.15) is 11.4 Å². The minimum absolute atomic E-state index is 0.183. The van der Waals surface area contributed by atoms with Gasteiger partial charge in [-0.05, 0) is 17.7 Å². The Labute approximate surface area is 137 Å². The average molecular weight is 316 g/mol. The zero-order chi connectivity index (χ0) is 16.3. The number of likely N-dealkylation sites (N-methyl/N-ethyl adjacent to an activating group) is 1. The number of carbonyl (C=O) groups is 1. The molecule has 5 nitrogen and oxygen atoms in total. The van der Waals surface area contributed by atoms with Gasteiger partial charge in [0.15, 0.2) is 0 Å². The molecule has 1 aromatic carbocycles. The minimum Gasteiger partial charge on any atom is -0.497 e. The van der Waals surface area contributed by atoms with Gasteiger partial charge in [-0.2, -0.15) is 0 Å². The summed E-state index contributed by atoms with van der Waals surface area (Å²) in [5, 5.41) is 0. The van der Waals surface area contributed by atoms with Crippen LogP contribution in [0.4, 0.5) is 4.79 Å². The summed E-state index contributed by atoms with van der Waals surface area (Å²) in [6, 6.07) is 8.03. The predicted molar refractivity (Wildman–Crippen MR) is 89.5 cm³/mol. The van der Waals surface area contributed by atoms with E-state index in [9.17, 15) is 4.79 Å². The second-order valence-electron chi connectivity index (χ2n) is 6.38. The van der Waals surface area contributed by atoms with Crippen LogP contribution in [0.5, 0.6) is 5.75 Å². The van der Waals surface area contributed by atoms with Crippen molar-refractivity contribution in [2.75, 3.05) is 40.3 Å².